The maximum atomic E-state index is 10.3. The molecule has 0 aromatic carbocycles. The molecule has 1 N–H and O–H groups in total. The van der Waals surface area contributed by atoms with Gasteiger partial charge in [-0.1, -0.05) is 87.1 Å². The lowest BCUT2D eigenvalue weighted by molar-refractivity contribution is -0.184. The second-order valence-corrected chi connectivity index (χ2v) is 23.9. The summed E-state index contributed by atoms with van der Waals surface area (Å²) in [5.41, 5.74) is 0. The van der Waals surface area contributed by atoms with Gasteiger partial charge in [0, 0.05) is 6.42 Å². The van der Waals surface area contributed by atoms with Crippen molar-refractivity contribution in [2.24, 2.45) is 71.0 Å². The fourth-order valence-corrected chi connectivity index (χ4v) is 14.8. The van der Waals surface area contributed by atoms with Crippen LogP contribution in [0.2, 0.25) is 0 Å². The van der Waals surface area contributed by atoms with Crippen molar-refractivity contribution in [2.45, 2.75) is 211 Å². The van der Waals surface area contributed by atoms with E-state index in [4.69, 9.17) is 37.9 Å². The van der Waals surface area contributed by atoms with Crippen molar-refractivity contribution in [3.8, 4) is 0 Å². The Hall–Kier alpha value is -1.40. The molecule has 4 aliphatic heterocycles. The van der Waals surface area contributed by atoms with Gasteiger partial charge in [0.25, 0.3) is 0 Å². The molecule has 4 saturated carbocycles. The Morgan fingerprint density at radius 2 is 0.643 bits per heavy atom. The SMILES string of the molecule is C1=CC2CC1CC2CCCC1OCCCO1.C1=CC2CC1CC2CCCCCCC1OCCCO1.C1=CC2CC1CC2CCCCCCC1OCCO1.OC(CCC1OCCCO1)C1CC2C=CC1C2. The molecule has 0 amide bonds. The Balaban J connectivity index is 0.000000116. The summed E-state index contributed by atoms with van der Waals surface area (Å²) in [6.45, 7) is 6.76. The van der Waals surface area contributed by atoms with Crippen LogP contribution in [-0.2, 0) is 37.9 Å². The maximum Gasteiger partial charge on any atom is 0.157 e. The van der Waals surface area contributed by atoms with E-state index in [9.17, 15) is 5.11 Å². The minimum absolute atomic E-state index is 0.0764. The highest BCUT2D eigenvalue weighted by molar-refractivity contribution is 5.12. The zero-order valence-electron chi connectivity index (χ0n) is 43.6. The molecule has 0 aromatic rings. The Bertz CT molecular complexity index is 1570. The van der Waals surface area contributed by atoms with Crippen LogP contribution >= 0.6 is 0 Å². The van der Waals surface area contributed by atoms with E-state index in [-0.39, 0.29) is 31.3 Å². The Labute approximate surface area is 425 Å². The summed E-state index contributed by atoms with van der Waals surface area (Å²) in [5, 5.41) is 10.3. The van der Waals surface area contributed by atoms with Crippen molar-refractivity contribution in [1.82, 2.24) is 0 Å². The molecular formula is C61H98O9. The van der Waals surface area contributed by atoms with E-state index in [0.717, 1.165) is 163 Å². The summed E-state index contributed by atoms with van der Waals surface area (Å²) >= 11 is 0. The third kappa shape index (κ3) is 16.8. The van der Waals surface area contributed by atoms with Gasteiger partial charge in [-0.15, -0.1) is 0 Å². The van der Waals surface area contributed by atoms with Crippen LogP contribution in [0.3, 0.4) is 0 Å². The standard InChI is InChI=1S/C17H28O2.C16H26O2.C14H22O3.C14H22O2/c1(2-4-7-17-18-10-5-11-19-17)3-6-15-12-14-8-9-16(15)13-14;1(2-4-6-16-17-9-10-18-16)3-5-14-11-13-7-8-15(14)12-13;15-13(4-5-14-16-6-1-7-17-14)12-9-10-2-3-11(12)8-10;1(4-14-15-7-2-8-16-14)3-12-9-11-5-6-13(12)10-11/h8-9,14-17H,1-7,10-13H2;7-8,13-16H,1-6,9-12H2;2-3,10-15H,1,4-9H2;5-6,11-14H,1-4,7-10H2. The summed E-state index contributed by atoms with van der Waals surface area (Å²) < 4.78 is 44.2. The van der Waals surface area contributed by atoms with E-state index in [2.05, 4.69) is 48.6 Å². The Morgan fingerprint density at radius 1 is 0.314 bits per heavy atom. The summed E-state index contributed by atoms with van der Waals surface area (Å²) in [7, 11) is 0. The average Bonchev–Trinajstić information content (AvgIpc) is 4.26. The van der Waals surface area contributed by atoms with Crippen LogP contribution in [0.1, 0.15) is 180 Å². The number of aliphatic hydroxyl groups excluding tert-OH is 1. The molecule has 8 fully saturated rings. The quantitative estimate of drug-likeness (QED) is 0.0841. The molecule has 4 heterocycles. The molecule has 0 spiro atoms. The zero-order chi connectivity index (χ0) is 47.6. The summed E-state index contributed by atoms with van der Waals surface area (Å²) in [6, 6.07) is 0. The number of rotatable bonds is 22. The largest absolute Gasteiger partial charge is 0.393 e. The molecule has 12 rings (SSSR count). The topological polar surface area (TPSA) is 94.1 Å². The second kappa shape index (κ2) is 29.0. The first-order valence-electron chi connectivity index (χ1n) is 29.9. The second-order valence-electron chi connectivity index (χ2n) is 23.9. The van der Waals surface area contributed by atoms with Gasteiger partial charge in [-0.3, -0.25) is 0 Å². The van der Waals surface area contributed by atoms with Gasteiger partial charge in [-0.2, -0.15) is 0 Å². The third-order valence-electron chi connectivity index (χ3n) is 18.7. The van der Waals surface area contributed by atoms with Gasteiger partial charge in [0.1, 0.15) is 0 Å². The van der Waals surface area contributed by atoms with E-state index >= 15 is 0 Å². The molecule has 13 unspecified atom stereocenters. The van der Waals surface area contributed by atoms with Crippen LogP contribution in [0.4, 0.5) is 0 Å². The molecule has 8 bridgehead atoms. The van der Waals surface area contributed by atoms with E-state index in [1.807, 2.05) is 0 Å². The number of hydrogen-bond acceptors (Lipinski definition) is 9. The first-order valence-corrected chi connectivity index (χ1v) is 29.9. The minimum atomic E-state index is -0.177. The number of unbranched alkanes of at least 4 members (excludes halogenated alkanes) is 6. The van der Waals surface area contributed by atoms with E-state index in [1.165, 1.54) is 128 Å². The summed E-state index contributed by atoms with van der Waals surface area (Å²) in [5.74, 6) is 10.4. The smallest absolute Gasteiger partial charge is 0.157 e. The first kappa shape index (κ1) is 53.4. The first-order chi connectivity index (χ1) is 34.6. The van der Waals surface area contributed by atoms with Gasteiger partial charge in [0.05, 0.1) is 59.0 Å². The molecule has 12 aliphatic rings. The lowest BCUT2D eigenvalue weighted by Crippen LogP contribution is -2.29. The molecular weight excluding hydrogens is 877 g/mol. The predicted molar refractivity (Wildman–Crippen MR) is 276 cm³/mol. The lowest BCUT2D eigenvalue weighted by atomic mass is 9.86. The highest BCUT2D eigenvalue weighted by Crippen LogP contribution is 2.48. The van der Waals surface area contributed by atoms with Gasteiger partial charge in [0.2, 0.25) is 0 Å². The number of fused-ring (bicyclic) bond motifs is 8. The summed E-state index contributed by atoms with van der Waals surface area (Å²) in [4.78, 5) is 0. The number of allylic oxidation sites excluding steroid dienone is 8. The van der Waals surface area contributed by atoms with Crippen LogP contribution in [0.25, 0.3) is 0 Å². The van der Waals surface area contributed by atoms with Crippen LogP contribution in [0.5, 0.6) is 0 Å². The van der Waals surface area contributed by atoms with E-state index in [1.54, 1.807) is 0 Å². The highest BCUT2D eigenvalue weighted by Gasteiger charge is 2.40. The van der Waals surface area contributed by atoms with E-state index < -0.39 is 0 Å². The van der Waals surface area contributed by atoms with Gasteiger partial charge >= 0.3 is 0 Å². The molecule has 70 heavy (non-hydrogen) atoms. The molecule has 8 aliphatic carbocycles. The molecule has 4 saturated heterocycles. The maximum absolute atomic E-state index is 10.3. The van der Waals surface area contributed by atoms with Crippen molar-refractivity contribution in [3.05, 3.63) is 48.6 Å². The van der Waals surface area contributed by atoms with Crippen LogP contribution in [0, 0.1) is 71.0 Å². The van der Waals surface area contributed by atoms with Crippen molar-refractivity contribution in [2.75, 3.05) is 52.9 Å². The third-order valence-corrected chi connectivity index (χ3v) is 18.7. The van der Waals surface area contributed by atoms with Gasteiger partial charge in [-0.25, -0.2) is 0 Å². The number of hydrogen-bond donors (Lipinski definition) is 1. The molecule has 13 atom stereocenters. The molecule has 396 valence electrons. The van der Waals surface area contributed by atoms with Crippen LogP contribution in [-0.4, -0.2) is 89.2 Å². The van der Waals surface area contributed by atoms with Crippen molar-refractivity contribution < 1.29 is 43.0 Å². The fraction of sp³-hybridized carbons (Fsp3) is 0.869. The molecule has 9 nitrogen and oxygen atoms in total. The van der Waals surface area contributed by atoms with Gasteiger partial charge in [0.15, 0.2) is 25.2 Å². The lowest BCUT2D eigenvalue weighted by Gasteiger charge is -2.27. The van der Waals surface area contributed by atoms with Crippen molar-refractivity contribution >= 4 is 0 Å². The normalized spacial score (nSPS) is 36.4. The highest BCUT2D eigenvalue weighted by atomic mass is 16.7. The number of ether oxygens (including phenoxy) is 8. The minimum Gasteiger partial charge on any atom is -0.393 e. The van der Waals surface area contributed by atoms with Gasteiger partial charge in [-0.05, 0) is 206 Å². The summed E-state index contributed by atoms with van der Waals surface area (Å²) in [6.07, 6.45) is 55.1. The molecule has 9 heteroatoms. The monoisotopic (exact) mass is 975 g/mol. The number of aliphatic hydroxyl groups is 1. The molecule has 0 aromatic heterocycles. The van der Waals surface area contributed by atoms with E-state index in [0.29, 0.717) is 11.8 Å². The Morgan fingerprint density at radius 3 is 1.00 bits per heavy atom. The molecule has 0 radical (unpaired) electrons. The Kier molecular flexibility index (Phi) is 22.2. The predicted octanol–water partition coefficient (Wildman–Crippen LogP) is 13.4. The fourth-order valence-electron chi connectivity index (χ4n) is 14.8. The van der Waals surface area contributed by atoms with Crippen molar-refractivity contribution in [1.29, 1.82) is 0 Å². The average molecular weight is 975 g/mol. The van der Waals surface area contributed by atoms with Gasteiger partial charge < -0.3 is 43.0 Å². The van der Waals surface area contributed by atoms with Crippen LogP contribution < -0.4 is 0 Å². The zero-order valence-corrected chi connectivity index (χ0v) is 43.6. The van der Waals surface area contributed by atoms with Crippen molar-refractivity contribution in [3.63, 3.8) is 0 Å². The van der Waals surface area contributed by atoms with Crippen LogP contribution in [0.15, 0.2) is 48.6 Å².